The number of halogens is 1. The molecular formula is C14H16ClN3S. The minimum absolute atomic E-state index is 0.341. The summed E-state index contributed by atoms with van der Waals surface area (Å²) in [4.78, 5) is 5.64. The Morgan fingerprint density at radius 2 is 2.16 bits per heavy atom. The molecule has 19 heavy (non-hydrogen) atoms. The van der Waals surface area contributed by atoms with Crippen molar-refractivity contribution in [1.82, 2.24) is 10.6 Å². The van der Waals surface area contributed by atoms with Crippen molar-refractivity contribution in [3.8, 4) is 0 Å². The Balaban J connectivity index is 1.61. The van der Waals surface area contributed by atoms with E-state index in [9.17, 15) is 0 Å². The molecule has 2 N–H and O–H groups in total. The number of rotatable bonds is 3. The van der Waals surface area contributed by atoms with Crippen LogP contribution in [0.2, 0.25) is 0 Å². The van der Waals surface area contributed by atoms with E-state index < -0.39 is 0 Å². The molecule has 1 atom stereocenters. The van der Waals surface area contributed by atoms with Gasteiger partial charge in [0.05, 0.1) is 6.54 Å². The lowest BCUT2D eigenvalue weighted by Gasteiger charge is -2.11. The van der Waals surface area contributed by atoms with Crippen LogP contribution >= 0.6 is 22.5 Å². The van der Waals surface area contributed by atoms with Crippen molar-refractivity contribution in [3.05, 3.63) is 51.8 Å². The largest absolute Gasteiger partial charge is 0.355 e. The van der Waals surface area contributed by atoms with Gasteiger partial charge in [0.2, 0.25) is 0 Å². The van der Waals surface area contributed by atoms with Crippen molar-refractivity contribution in [2.75, 3.05) is 13.1 Å². The summed E-state index contributed by atoms with van der Waals surface area (Å²) in [5.74, 6) is 0.905. The Bertz CT molecular complexity index is 548. The van der Waals surface area contributed by atoms with E-state index in [0.717, 1.165) is 30.6 Å². The molecule has 2 aliphatic heterocycles. The monoisotopic (exact) mass is 293 g/mol. The molecule has 0 fully saturated rings. The summed E-state index contributed by atoms with van der Waals surface area (Å²) >= 11 is 5.97. The van der Waals surface area contributed by atoms with Gasteiger partial charge in [0.15, 0.2) is 5.96 Å². The van der Waals surface area contributed by atoms with E-state index in [1.165, 1.54) is 10.5 Å². The number of hydrogen-bond acceptors (Lipinski definition) is 3. The fourth-order valence-corrected chi connectivity index (χ4v) is 4.06. The second-order valence-corrected chi connectivity index (χ2v) is 6.74. The second-order valence-electron chi connectivity index (χ2n) is 4.41. The van der Waals surface area contributed by atoms with Gasteiger partial charge < -0.3 is 10.6 Å². The van der Waals surface area contributed by atoms with Crippen LogP contribution in [0.5, 0.6) is 0 Å². The van der Waals surface area contributed by atoms with E-state index in [1.54, 1.807) is 0 Å². The van der Waals surface area contributed by atoms with E-state index in [2.05, 4.69) is 50.7 Å². The zero-order valence-corrected chi connectivity index (χ0v) is 12.1. The SMILES string of the molecule is ClC1=C[SH](c2ccc(CNC3=NCCN3)cc2)C=C1. The van der Waals surface area contributed by atoms with Gasteiger partial charge in [-0.25, -0.2) is 0 Å². The number of guanidine groups is 1. The highest BCUT2D eigenvalue weighted by Gasteiger charge is 2.07. The zero-order chi connectivity index (χ0) is 13.1. The van der Waals surface area contributed by atoms with Gasteiger partial charge in [-0.05, 0) is 39.5 Å². The lowest BCUT2D eigenvalue weighted by Crippen LogP contribution is -2.33. The standard InChI is InChI=1S/C14H16ClN3S/c15-12-5-8-19(10-12)13-3-1-11(2-4-13)9-18-14-16-6-7-17-14/h1-5,8,10,19H,6-7,9H2,(H2,16,17,18). The van der Waals surface area contributed by atoms with Gasteiger partial charge in [0.1, 0.15) is 0 Å². The Labute approximate surface area is 120 Å². The highest BCUT2D eigenvalue weighted by Crippen LogP contribution is 2.44. The molecule has 1 unspecified atom stereocenters. The summed E-state index contributed by atoms with van der Waals surface area (Å²) in [5.41, 5.74) is 1.26. The number of allylic oxidation sites excluding steroid dienone is 2. The highest BCUT2D eigenvalue weighted by molar-refractivity contribution is 8.22. The molecule has 0 saturated heterocycles. The van der Waals surface area contributed by atoms with E-state index in [4.69, 9.17) is 11.6 Å². The Kier molecular flexibility index (Phi) is 3.80. The topological polar surface area (TPSA) is 36.4 Å². The van der Waals surface area contributed by atoms with Crippen molar-refractivity contribution in [3.63, 3.8) is 0 Å². The van der Waals surface area contributed by atoms with Crippen molar-refractivity contribution in [2.24, 2.45) is 4.99 Å². The summed E-state index contributed by atoms with van der Waals surface area (Å²) in [6.07, 6.45) is 1.98. The average Bonchev–Trinajstić information content (AvgIpc) is 3.08. The van der Waals surface area contributed by atoms with Gasteiger partial charge in [-0.15, -0.1) is 0 Å². The number of benzene rings is 1. The van der Waals surface area contributed by atoms with Gasteiger partial charge in [-0.2, -0.15) is 10.9 Å². The summed E-state index contributed by atoms with van der Waals surface area (Å²) in [7, 11) is -0.341. The molecule has 2 heterocycles. The van der Waals surface area contributed by atoms with Gasteiger partial charge in [0, 0.05) is 18.1 Å². The average molecular weight is 294 g/mol. The predicted molar refractivity (Wildman–Crippen MR) is 83.9 cm³/mol. The van der Waals surface area contributed by atoms with Crippen LogP contribution in [-0.4, -0.2) is 19.0 Å². The molecule has 0 saturated carbocycles. The fraction of sp³-hybridized carbons (Fsp3) is 0.214. The third-order valence-electron chi connectivity index (χ3n) is 3.03. The van der Waals surface area contributed by atoms with Gasteiger partial charge in [-0.1, -0.05) is 23.7 Å². The molecule has 1 aromatic carbocycles. The molecule has 1 aromatic rings. The van der Waals surface area contributed by atoms with E-state index in [1.807, 2.05) is 6.08 Å². The molecule has 100 valence electrons. The van der Waals surface area contributed by atoms with Crippen LogP contribution in [0.4, 0.5) is 0 Å². The van der Waals surface area contributed by atoms with Gasteiger partial charge in [0.25, 0.3) is 0 Å². The smallest absolute Gasteiger partial charge is 0.191 e. The highest BCUT2D eigenvalue weighted by atomic mass is 35.5. The molecular weight excluding hydrogens is 278 g/mol. The molecule has 0 aromatic heterocycles. The summed E-state index contributed by atoms with van der Waals surface area (Å²) in [6, 6.07) is 8.69. The first kappa shape index (κ1) is 12.6. The van der Waals surface area contributed by atoms with Crippen LogP contribution in [0, 0.1) is 0 Å². The molecule has 5 heteroatoms. The van der Waals surface area contributed by atoms with Crippen LogP contribution in [0.15, 0.2) is 56.1 Å². The molecule has 0 spiro atoms. The van der Waals surface area contributed by atoms with Crippen LogP contribution < -0.4 is 10.6 Å². The Morgan fingerprint density at radius 1 is 1.32 bits per heavy atom. The fourth-order valence-electron chi connectivity index (χ4n) is 2.02. The minimum atomic E-state index is -0.341. The lowest BCUT2D eigenvalue weighted by molar-refractivity contribution is 0.866. The van der Waals surface area contributed by atoms with E-state index in [-0.39, 0.29) is 10.9 Å². The van der Waals surface area contributed by atoms with E-state index in [0.29, 0.717) is 0 Å². The minimum Gasteiger partial charge on any atom is -0.355 e. The molecule has 0 aliphatic carbocycles. The first-order chi connectivity index (χ1) is 9.31. The molecule has 3 nitrogen and oxygen atoms in total. The number of aliphatic imine (C=N–C) groups is 1. The first-order valence-corrected chi connectivity index (χ1v) is 8.12. The molecule has 0 radical (unpaired) electrons. The molecule has 0 amide bonds. The van der Waals surface area contributed by atoms with Crippen molar-refractivity contribution < 1.29 is 0 Å². The van der Waals surface area contributed by atoms with Crippen LogP contribution in [0.3, 0.4) is 0 Å². The number of hydrogen-bond donors (Lipinski definition) is 3. The van der Waals surface area contributed by atoms with E-state index >= 15 is 0 Å². The Morgan fingerprint density at radius 3 is 2.79 bits per heavy atom. The summed E-state index contributed by atoms with van der Waals surface area (Å²) < 4.78 is 0. The normalized spacial score (nSPS) is 22.9. The van der Waals surface area contributed by atoms with Gasteiger partial charge in [-0.3, -0.25) is 4.99 Å². The zero-order valence-electron chi connectivity index (χ0n) is 10.4. The maximum absolute atomic E-state index is 5.97. The van der Waals surface area contributed by atoms with Crippen molar-refractivity contribution in [2.45, 2.75) is 11.4 Å². The van der Waals surface area contributed by atoms with Crippen molar-refractivity contribution in [1.29, 1.82) is 0 Å². The van der Waals surface area contributed by atoms with Gasteiger partial charge >= 0.3 is 0 Å². The molecule has 2 aliphatic rings. The molecule has 0 bridgehead atoms. The first-order valence-electron chi connectivity index (χ1n) is 6.26. The number of nitrogens with zero attached hydrogens (tertiary/aromatic N) is 1. The van der Waals surface area contributed by atoms with Crippen LogP contribution in [0.1, 0.15) is 5.56 Å². The quantitative estimate of drug-likeness (QED) is 0.750. The Hall–Kier alpha value is -1.39. The maximum Gasteiger partial charge on any atom is 0.191 e. The maximum atomic E-state index is 5.97. The third-order valence-corrected chi connectivity index (χ3v) is 5.33. The lowest BCUT2D eigenvalue weighted by atomic mass is 10.2. The summed E-state index contributed by atoms with van der Waals surface area (Å²) in [6.45, 7) is 2.60. The number of thiol groups is 1. The van der Waals surface area contributed by atoms with Crippen LogP contribution in [-0.2, 0) is 6.54 Å². The van der Waals surface area contributed by atoms with Crippen molar-refractivity contribution >= 4 is 28.5 Å². The van der Waals surface area contributed by atoms with Crippen LogP contribution in [0.25, 0.3) is 0 Å². The third kappa shape index (κ3) is 3.14. The number of nitrogens with one attached hydrogen (secondary N) is 2. The summed E-state index contributed by atoms with van der Waals surface area (Å²) in [5, 5.41) is 11.6. The second kappa shape index (κ2) is 5.72. The predicted octanol–water partition coefficient (Wildman–Crippen LogP) is 2.70. The molecule has 3 rings (SSSR count).